The first-order valence-corrected chi connectivity index (χ1v) is 4.85. The number of rotatable bonds is 2. The fourth-order valence-corrected chi connectivity index (χ4v) is 1.82. The lowest BCUT2D eigenvalue weighted by Gasteiger charge is -2.01. The van der Waals surface area contributed by atoms with Gasteiger partial charge in [0.2, 0.25) is 0 Å². The van der Waals surface area contributed by atoms with E-state index in [-0.39, 0.29) is 0 Å². The molecule has 4 heteroatoms. The van der Waals surface area contributed by atoms with Crippen molar-refractivity contribution in [1.82, 2.24) is 9.38 Å². The summed E-state index contributed by atoms with van der Waals surface area (Å²) in [7, 11) is 0. The molecule has 0 radical (unpaired) electrons. The van der Waals surface area contributed by atoms with Crippen molar-refractivity contribution >= 4 is 11.5 Å². The SMILES string of the molecule is CCc1nc(C)c2c(C(=O)O)cccn12. The minimum Gasteiger partial charge on any atom is -0.478 e. The van der Waals surface area contributed by atoms with Gasteiger partial charge >= 0.3 is 5.97 Å². The highest BCUT2D eigenvalue weighted by molar-refractivity contribution is 5.96. The molecular weight excluding hydrogens is 192 g/mol. The van der Waals surface area contributed by atoms with E-state index in [9.17, 15) is 4.79 Å². The van der Waals surface area contributed by atoms with E-state index in [2.05, 4.69) is 4.98 Å². The predicted molar refractivity (Wildman–Crippen MR) is 56.3 cm³/mol. The van der Waals surface area contributed by atoms with E-state index in [1.54, 1.807) is 12.1 Å². The van der Waals surface area contributed by atoms with Crippen molar-refractivity contribution in [1.29, 1.82) is 0 Å². The third-order valence-corrected chi connectivity index (χ3v) is 2.46. The second-order valence-corrected chi connectivity index (χ2v) is 3.41. The van der Waals surface area contributed by atoms with E-state index < -0.39 is 5.97 Å². The minimum atomic E-state index is -0.911. The van der Waals surface area contributed by atoms with Crippen molar-refractivity contribution in [3.05, 3.63) is 35.4 Å². The van der Waals surface area contributed by atoms with Gasteiger partial charge in [0.1, 0.15) is 5.82 Å². The number of aromatic carboxylic acids is 1. The highest BCUT2D eigenvalue weighted by Crippen LogP contribution is 2.17. The van der Waals surface area contributed by atoms with Crippen molar-refractivity contribution < 1.29 is 9.90 Å². The summed E-state index contributed by atoms with van der Waals surface area (Å²) in [5, 5.41) is 9.05. The third kappa shape index (κ3) is 1.38. The van der Waals surface area contributed by atoms with Crippen LogP contribution >= 0.6 is 0 Å². The Hall–Kier alpha value is -1.84. The van der Waals surface area contributed by atoms with Crippen LogP contribution in [0.5, 0.6) is 0 Å². The monoisotopic (exact) mass is 204 g/mol. The molecule has 2 heterocycles. The molecule has 0 aliphatic rings. The molecule has 0 aromatic carbocycles. The maximum Gasteiger partial charge on any atom is 0.337 e. The molecule has 0 bridgehead atoms. The lowest BCUT2D eigenvalue weighted by atomic mass is 10.2. The largest absolute Gasteiger partial charge is 0.478 e. The van der Waals surface area contributed by atoms with E-state index in [1.165, 1.54) is 0 Å². The van der Waals surface area contributed by atoms with Crippen molar-refractivity contribution in [2.45, 2.75) is 20.3 Å². The smallest absolute Gasteiger partial charge is 0.337 e. The molecule has 2 aromatic heterocycles. The Bertz CT molecular complexity index is 529. The number of carbonyl (C=O) groups is 1. The van der Waals surface area contributed by atoms with Gasteiger partial charge in [-0.05, 0) is 19.1 Å². The van der Waals surface area contributed by atoms with E-state index in [0.717, 1.165) is 17.9 Å². The fraction of sp³-hybridized carbons (Fsp3) is 0.273. The molecule has 0 aliphatic heterocycles. The Labute approximate surface area is 87.2 Å². The molecule has 2 aromatic rings. The van der Waals surface area contributed by atoms with Crippen LogP contribution in [-0.2, 0) is 6.42 Å². The summed E-state index contributed by atoms with van der Waals surface area (Å²) in [6.45, 7) is 3.84. The highest BCUT2D eigenvalue weighted by Gasteiger charge is 2.14. The number of aromatic nitrogens is 2. The first kappa shape index (κ1) is 9.71. The summed E-state index contributed by atoms with van der Waals surface area (Å²) in [5.41, 5.74) is 1.77. The van der Waals surface area contributed by atoms with Gasteiger partial charge in [-0.25, -0.2) is 9.78 Å². The van der Waals surface area contributed by atoms with Gasteiger partial charge in [0.15, 0.2) is 0 Å². The van der Waals surface area contributed by atoms with E-state index >= 15 is 0 Å². The molecule has 0 saturated carbocycles. The van der Waals surface area contributed by atoms with E-state index in [0.29, 0.717) is 11.1 Å². The number of carboxylic acid groups (broad SMARTS) is 1. The lowest BCUT2D eigenvalue weighted by Crippen LogP contribution is -2.01. The molecule has 0 unspecified atom stereocenters. The van der Waals surface area contributed by atoms with Gasteiger partial charge in [-0.3, -0.25) is 0 Å². The van der Waals surface area contributed by atoms with Crippen LogP contribution in [-0.4, -0.2) is 20.5 Å². The first-order chi connectivity index (χ1) is 7.15. The summed E-state index contributed by atoms with van der Waals surface area (Å²) >= 11 is 0. The topological polar surface area (TPSA) is 54.6 Å². The van der Waals surface area contributed by atoms with Crippen molar-refractivity contribution in [2.24, 2.45) is 0 Å². The Morgan fingerprint density at radius 1 is 1.60 bits per heavy atom. The zero-order valence-corrected chi connectivity index (χ0v) is 8.69. The number of hydrogen-bond acceptors (Lipinski definition) is 2. The maximum absolute atomic E-state index is 11.0. The van der Waals surface area contributed by atoms with Crippen LogP contribution in [0.4, 0.5) is 0 Å². The Morgan fingerprint density at radius 2 is 2.33 bits per heavy atom. The van der Waals surface area contributed by atoms with Crippen LogP contribution in [0.25, 0.3) is 5.52 Å². The van der Waals surface area contributed by atoms with Crippen molar-refractivity contribution in [3.8, 4) is 0 Å². The molecule has 0 aliphatic carbocycles. The molecular formula is C11H12N2O2. The number of hydrogen-bond donors (Lipinski definition) is 1. The van der Waals surface area contributed by atoms with Gasteiger partial charge in [-0.15, -0.1) is 0 Å². The molecule has 0 spiro atoms. The van der Waals surface area contributed by atoms with Crippen molar-refractivity contribution in [3.63, 3.8) is 0 Å². The van der Waals surface area contributed by atoms with Gasteiger partial charge in [-0.2, -0.15) is 0 Å². The average molecular weight is 204 g/mol. The number of fused-ring (bicyclic) bond motifs is 1. The Morgan fingerprint density at radius 3 is 2.93 bits per heavy atom. The maximum atomic E-state index is 11.0. The quantitative estimate of drug-likeness (QED) is 0.812. The number of nitrogens with zero attached hydrogens (tertiary/aromatic N) is 2. The van der Waals surface area contributed by atoms with Gasteiger partial charge in [0.05, 0.1) is 16.8 Å². The average Bonchev–Trinajstić information content (AvgIpc) is 2.55. The summed E-state index contributed by atoms with van der Waals surface area (Å²) in [6.07, 6.45) is 2.64. The summed E-state index contributed by atoms with van der Waals surface area (Å²) in [4.78, 5) is 15.4. The van der Waals surface area contributed by atoms with Crippen LogP contribution in [0.15, 0.2) is 18.3 Å². The fourth-order valence-electron chi connectivity index (χ4n) is 1.82. The lowest BCUT2D eigenvalue weighted by molar-refractivity contribution is 0.0698. The van der Waals surface area contributed by atoms with E-state index in [1.807, 2.05) is 24.4 Å². The minimum absolute atomic E-state index is 0.308. The molecule has 15 heavy (non-hydrogen) atoms. The van der Waals surface area contributed by atoms with Gasteiger partial charge in [0, 0.05) is 12.6 Å². The molecule has 1 N–H and O–H groups in total. The third-order valence-electron chi connectivity index (χ3n) is 2.46. The Kier molecular flexibility index (Phi) is 2.19. The van der Waals surface area contributed by atoms with Gasteiger partial charge in [-0.1, -0.05) is 6.92 Å². The first-order valence-electron chi connectivity index (χ1n) is 4.85. The van der Waals surface area contributed by atoms with Crippen molar-refractivity contribution in [2.75, 3.05) is 0 Å². The van der Waals surface area contributed by atoms with Gasteiger partial charge in [0.25, 0.3) is 0 Å². The summed E-state index contributed by atoms with van der Waals surface area (Å²) < 4.78 is 1.85. The molecule has 78 valence electrons. The van der Waals surface area contributed by atoms with Crippen LogP contribution in [0.3, 0.4) is 0 Å². The number of imidazole rings is 1. The zero-order valence-electron chi connectivity index (χ0n) is 8.69. The zero-order chi connectivity index (χ0) is 11.0. The Balaban J connectivity index is 2.86. The molecule has 2 rings (SSSR count). The molecule has 0 fully saturated rings. The molecule has 0 saturated heterocycles. The van der Waals surface area contributed by atoms with Gasteiger partial charge < -0.3 is 9.51 Å². The summed E-state index contributed by atoms with van der Waals surface area (Å²) in [5.74, 6) is -0.0168. The van der Waals surface area contributed by atoms with E-state index in [4.69, 9.17) is 5.11 Å². The standard InChI is InChI=1S/C11H12N2O2/c1-3-9-12-7(2)10-8(11(14)15)5-4-6-13(9)10/h4-6H,3H2,1-2H3,(H,14,15). The number of aryl methyl sites for hydroxylation is 2. The van der Waals surface area contributed by atoms with Crippen LogP contribution in [0, 0.1) is 6.92 Å². The normalized spacial score (nSPS) is 10.8. The number of carboxylic acids is 1. The van der Waals surface area contributed by atoms with Crippen LogP contribution in [0.1, 0.15) is 28.8 Å². The second-order valence-electron chi connectivity index (χ2n) is 3.41. The predicted octanol–water partition coefficient (Wildman–Crippen LogP) is 1.90. The molecule has 0 amide bonds. The second kappa shape index (κ2) is 3.38. The molecule has 0 atom stereocenters. The highest BCUT2D eigenvalue weighted by atomic mass is 16.4. The number of pyridine rings is 1. The summed E-state index contributed by atoms with van der Waals surface area (Å²) in [6, 6.07) is 3.34. The van der Waals surface area contributed by atoms with Crippen LogP contribution < -0.4 is 0 Å². The van der Waals surface area contributed by atoms with Crippen LogP contribution in [0.2, 0.25) is 0 Å². The molecule has 4 nitrogen and oxygen atoms in total.